The first-order valence-corrected chi connectivity index (χ1v) is 5.48. The van der Waals surface area contributed by atoms with E-state index in [-0.39, 0.29) is 11.4 Å². The fourth-order valence-corrected chi connectivity index (χ4v) is 1.75. The number of aliphatic imine (C=N–C) groups is 1. The Morgan fingerprint density at radius 3 is 2.56 bits per heavy atom. The van der Waals surface area contributed by atoms with Crippen LogP contribution in [0.2, 0.25) is 0 Å². The summed E-state index contributed by atoms with van der Waals surface area (Å²) in [7, 11) is 1.70. The van der Waals surface area contributed by atoms with E-state index in [4.69, 9.17) is 11.0 Å². The largest absolute Gasteiger partial charge is 0.369 e. The quantitative estimate of drug-likeness (QED) is 0.449. The summed E-state index contributed by atoms with van der Waals surface area (Å²) in [5.74, 6) is 0.110. The maximum Gasteiger partial charge on any atom is 0.214 e. The zero-order valence-corrected chi connectivity index (χ0v) is 10.5. The summed E-state index contributed by atoms with van der Waals surface area (Å²) in [5, 5.41) is 18.0. The molecule has 1 heterocycles. The molecular weight excluding hydrogens is 224 g/mol. The minimum atomic E-state index is -0.0438. The van der Waals surface area contributed by atoms with Crippen LogP contribution in [-0.2, 0) is 5.41 Å². The molecule has 16 heavy (non-hydrogen) atoms. The predicted octanol–water partition coefficient (Wildman–Crippen LogP) is 1.07. The topological polar surface area (TPSA) is 91.2 Å². The lowest BCUT2D eigenvalue weighted by Crippen LogP contribution is -2.33. The van der Waals surface area contributed by atoms with Crippen molar-refractivity contribution in [2.75, 3.05) is 11.9 Å². The van der Waals surface area contributed by atoms with Gasteiger partial charge in [-0.2, -0.15) is 5.26 Å². The molecule has 0 amide bonds. The molecule has 1 aromatic heterocycles. The number of anilines is 1. The van der Waals surface area contributed by atoms with E-state index in [1.807, 2.05) is 0 Å². The van der Waals surface area contributed by atoms with Crippen LogP contribution in [0.4, 0.5) is 5.13 Å². The Morgan fingerprint density at radius 2 is 2.12 bits per heavy atom. The van der Waals surface area contributed by atoms with E-state index < -0.39 is 0 Å². The third kappa shape index (κ3) is 2.67. The third-order valence-corrected chi connectivity index (χ3v) is 3.28. The van der Waals surface area contributed by atoms with Gasteiger partial charge in [0.1, 0.15) is 5.01 Å². The highest BCUT2D eigenvalue weighted by molar-refractivity contribution is 7.15. The number of aromatic nitrogens is 2. The summed E-state index contributed by atoms with van der Waals surface area (Å²) < 4.78 is 0. The Labute approximate surface area is 98.4 Å². The van der Waals surface area contributed by atoms with Crippen molar-refractivity contribution in [1.29, 1.82) is 5.26 Å². The molecule has 1 rings (SSSR count). The van der Waals surface area contributed by atoms with Crippen molar-refractivity contribution in [3.63, 3.8) is 0 Å². The average Bonchev–Trinajstić information content (AvgIpc) is 2.65. The predicted molar refractivity (Wildman–Crippen MR) is 64.2 cm³/mol. The van der Waals surface area contributed by atoms with Gasteiger partial charge in [0.15, 0.2) is 0 Å². The molecule has 0 fully saturated rings. The first kappa shape index (κ1) is 12.4. The second-order valence-corrected chi connectivity index (χ2v) is 5.22. The van der Waals surface area contributed by atoms with E-state index >= 15 is 0 Å². The molecule has 0 saturated heterocycles. The van der Waals surface area contributed by atoms with Gasteiger partial charge in [-0.05, 0) is 0 Å². The average molecular weight is 238 g/mol. The van der Waals surface area contributed by atoms with Crippen molar-refractivity contribution in [3.05, 3.63) is 5.01 Å². The summed E-state index contributed by atoms with van der Waals surface area (Å²) in [5.41, 5.74) is 5.53. The first-order chi connectivity index (χ1) is 7.36. The van der Waals surface area contributed by atoms with Crippen molar-refractivity contribution >= 4 is 22.4 Å². The van der Waals surface area contributed by atoms with Gasteiger partial charge in [0.2, 0.25) is 17.3 Å². The molecule has 0 unspecified atom stereocenters. The van der Waals surface area contributed by atoms with Crippen LogP contribution in [-0.4, -0.2) is 23.2 Å². The molecule has 2 N–H and O–H groups in total. The van der Waals surface area contributed by atoms with E-state index in [2.05, 4.69) is 36.0 Å². The standard InChI is InChI=1S/C9H14N6S/c1-9(2,3)6-13-14-8(16-6)15(4)7(11)12-5-10/h1-4H3,(H2,11,12). The van der Waals surface area contributed by atoms with E-state index in [9.17, 15) is 0 Å². The van der Waals surface area contributed by atoms with Gasteiger partial charge in [0, 0.05) is 12.5 Å². The summed E-state index contributed by atoms with van der Waals surface area (Å²) in [4.78, 5) is 4.97. The van der Waals surface area contributed by atoms with E-state index in [0.29, 0.717) is 5.13 Å². The summed E-state index contributed by atoms with van der Waals surface area (Å²) in [6.07, 6.45) is 1.63. The Hall–Kier alpha value is -1.68. The Kier molecular flexibility index (Phi) is 3.44. The second-order valence-electron chi connectivity index (χ2n) is 4.27. The van der Waals surface area contributed by atoms with E-state index in [0.717, 1.165) is 5.01 Å². The highest BCUT2D eigenvalue weighted by atomic mass is 32.1. The fraction of sp³-hybridized carbons (Fsp3) is 0.556. The molecule has 0 aliphatic heterocycles. The van der Waals surface area contributed by atoms with Gasteiger partial charge in [0.05, 0.1) is 0 Å². The lowest BCUT2D eigenvalue weighted by molar-refractivity contribution is 0.578. The Bertz CT molecular complexity index is 436. The fourth-order valence-electron chi connectivity index (χ4n) is 0.878. The summed E-state index contributed by atoms with van der Waals surface area (Å²) in [6.45, 7) is 6.18. The molecule has 6 nitrogen and oxygen atoms in total. The maximum atomic E-state index is 8.39. The van der Waals surface area contributed by atoms with Crippen molar-refractivity contribution in [3.8, 4) is 6.19 Å². The highest BCUT2D eigenvalue weighted by Gasteiger charge is 2.21. The number of nitrogens with two attached hydrogens (primary N) is 1. The molecule has 86 valence electrons. The lowest BCUT2D eigenvalue weighted by Gasteiger charge is -2.14. The lowest BCUT2D eigenvalue weighted by atomic mass is 9.98. The maximum absolute atomic E-state index is 8.39. The van der Waals surface area contributed by atoms with Crippen LogP contribution in [0.3, 0.4) is 0 Å². The normalized spacial score (nSPS) is 12.3. The zero-order chi connectivity index (χ0) is 12.3. The minimum absolute atomic E-state index is 0.0438. The van der Waals surface area contributed by atoms with Gasteiger partial charge in [-0.25, -0.2) is 0 Å². The molecule has 0 atom stereocenters. The van der Waals surface area contributed by atoms with Crippen LogP contribution in [0.25, 0.3) is 0 Å². The zero-order valence-electron chi connectivity index (χ0n) is 9.72. The SMILES string of the molecule is CN(C(N)=NC#N)c1nnc(C(C)(C)C)s1. The molecule has 0 spiro atoms. The van der Waals surface area contributed by atoms with Gasteiger partial charge in [0.25, 0.3) is 0 Å². The number of nitrogens with zero attached hydrogens (tertiary/aromatic N) is 5. The number of guanidine groups is 1. The van der Waals surface area contributed by atoms with Crippen molar-refractivity contribution in [1.82, 2.24) is 10.2 Å². The molecule has 0 aliphatic carbocycles. The van der Waals surface area contributed by atoms with Gasteiger partial charge in [-0.3, -0.25) is 4.90 Å². The first-order valence-electron chi connectivity index (χ1n) is 4.66. The minimum Gasteiger partial charge on any atom is -0.369 e. The van der Waals surface area contributed by atoms with Crippen molar-refractivity contribution in [2.24, 2.45) is 10.7 Å². The summed E-state index contributed by atoms with van der Waals surface area (Å²) in [6, 6.07) is 0. The molecule has 0 radical (unpaired) electrons. The number of hydrogen-bond acceptors (Lipinski definition) is 5. The van der Waals surface area contributed by atoms with Gasteiger partial charge >= 0.3 is 0 Å². The van der Waals surface area contributed by atoms with Gasteiger partial charge in [-0.15, -0.1) is 15.2 Å². The van der Waals surface area contributed by atoms with Crippen molar-refractivity contribution in [2.45, 2.75) is 26.2 Å². The molecule has 7 heteroatoms. The number of hydrogen-bond donors (Lipinski definition) is 1. The molecule has 0 aromatic carbocycles. The molecular formula is C9H14N6S. The van der Waals surface area contributed by atoms with Crippen LogP contribution in [0.15, 0.2) is 4.99 Å². The van der Waals surface area contributed by atoms with Crippen LogP contribution < -0.4 is 10.6 Å². The van der Waals surface area contributed by atoms with Crippen LogP contribution >= 0.6 is 11.3 Å². The third-order valence-electron chi connectivity index (χ3n) is 1.85. The van der Waals surface area contributed by atoms with E-state index in [1.54, 1.807) is 13.2 Å². The number of nitriles is 1. The van der Waals surface area contributed by atoms with Crippen LogP contribution in [0.5, 0.6) is 0 Å². The Morgan fingerprint density at radius 1 is 1.50 bits per heavy atom. The molecule has 0 bridgehead atoms. The van der Waals surface area contributed by atoms with Crippen molar-refractivity contribution < 1.29 is 0 Å². The van der Waals surface area contributed by atoms with Crippen LogP contribution in [0.1, 0.15) is 25.8 Å². The second kappa shape index (κ2) is 4.45. The number of rotatable bonds is 1. The molecule has 0 saturated carbocycles. The molecule has 0 aliphatic rings. The Balaban J connectivity index is 2.96. The highest BCUT2D eigenvalue weighted by Crippen LogP contribution is 2.28. The monoisotopic (exact) mass is 238 g/mol. The van der Waals surface area contributed by atoms with Gasteiger partial charge in [-0.1, -0.05) is 32.1 Å². The molecule has 1 aromatic rings. The van der Waals surface area contributed by atoms with E-state index in [1.165, 1.54) is 16.2 Å². The summed E-state index contributed by atoms with van der Waals surface area (Å²) >= 11 is 1.44. The van der Waals surface area contributed by atoms with Gasteiger partial charge < -0.3 is 5.73 Å². The van der Waals surface area contributed by atoms with Crippen LogP contribution in [0, 0.1) is 11.5 Å². The smallest absolute Gasteiger partial charge is 0.214 e.